The van der Waals surface area contributed by atoms with Gasteiger partial charge in [-0.05, 0) is 5.56 Å². The van der Waals surface area contributed by atoms with E-state index in [0.717, 1.165) is 49.8 Å². The molecule has 1 aromatic carbocycles. The van der Waals surface area contributed by atoms with Crippen molar-refractivity contribution in [1.29, 1.82) is 0 Å². The molecule has 6 nitrogen and oxygen atoms in total. The zero-order valence-electron chi connectivity index (χ0n) is 15.6. The van der Waals surface area contributed by atoms with E-state index >= 15 is 0 Å². The lowest BCUT2D eigenvalue weighted by atomic mass is 10.2. The molecule has 1 aliphatic rings. The Bertz CT molecular complexity index is 894. The summed E-state index contributed by atoms with van der Waals surface area (Å²) in [6.45, 7) is 4.95. The number of benzene rings is 1. The Morgan fingerprint density at radius 2 is 1.81 bits per heavy atom. The van der Waals surface area contributed by atoms with Crippen LogP contribution in [0.15, 0.2) is 61.2 Å². The molecule has 1 aliphatic heterocycles. The van der Waals surface area contributed by atoms with Gasteiger partial charge in [0.05, 0.1) is 24.3 Å². The van der Waals surface area contributed by atoms with Crippen molar-refractivity contribution < 1.29 is 0 Å². The van der Waals surface area contributed by atoms with Crippen molar-refractivity contribution in [2.75, 3.05) is 37.6 Å². The molecular formula is C21H24N6. The minimum Gasteiger partial charge on any atom is -0.353 e. The molecule has 0 spiro atoms. The first kappa shape index (κ1) is 17.4. The second-order valence-corrected chi connectivity index (χ2v) is 6.77. The maximum absolute atomic E-state index is 4.78. The van der Waals surface area contributed by atoms with Gasteiger partial charge in [-0.15, -0.1) is 0 Å². The van der Waals surface area contributed by atoms with E-state index in [2.05, 4.69) is 56.3 Å². The first-order valence-corrected chi connectivity index (χ1v) is 9.28. The van der Waals surface area contributed by atoms with Crippen molar-refractivity contribution in [3.8, 4) is 11.3 Å². The summed E-state index contributed by atoms with van der Waals surface area (Å²) in [5.74, 6) is 0.941. The first-order chi connectivity index (χ1) is 13.3. The van der Waals surface area contributed by atoms with Gasteiger partial charge in [-0.3, -0.25) is 14.6 Å². The van der Waals surface area contributed by atoms with Gasteiger partial charge in [-0.25, -0.2) is 4.98 Å². The topological polar surface area (TPSA) is 50.1 Å². The van der Waals surface area contributed by atoms with Gasteiger partial charge < -0.3 is 4.90 Å². The SMILES string of the molecule is Cn1cc(-c2cncc(N3CCN(C/C=C/c4ccccc4)CC3)n2)cn1. The van der Waals surface area contributed by atoms with Gasteiger partial charge in [-0.2, -0.15) is 5.10 Å². The van der Waals surface area contributed by atoms with Crippen LogP contribution >= 0.6 is 0 Å². The molecule has 1 fully saturated rings. The normalized spacial score (nSPS) is 15.5. The highest BCUT2D eigenvalue weighted by Crippen LogP contribution is 2.19. The quantitative estimate of drug-likeness (QED) is 0.700. The second-order valence-electron chi connectivity index (χ2n) is 6.77. The van der Waals surface area contributed by atoms with Crippen LogP contribution < -0.4 is 4.90 Å². The zero-order chi connectivity index (χ0) is 18.5. The summed E-state index contributed by atoms with van der Waals surface area (Å²) in [7, 11) is 1.91. The maximum atomic E-state index is 4.78. The predicted octanol–water partition coefficient (Wildman–Crippen LogP) is 2.71. The van der Waals surface area contributed by atoms with Crippen molar-refractivity contribution in [1.82, 2.24) is 24.6 Å². The molecule has 4 rings (SSSR count). The number of hydrogen-bond donors (Lipinski definition) is 0. The van der Waals surface area contributed by atoms with Gasteiger partial charge in [0, 0.05) is 51.5 Å². The van der Waals surface area contributed by atoms with E-state index in [9.17, 15) is 0 Å². The lowest BCUT2D eigenvalue weighted by Crippen LogP contribution is -2.46. The monoisotopic (exact) mass is 360 g/mol. The molecule has 138 valence electrons. The van der Waals surface area contributed by atoms with E-state index < -0.39 is 0 Å². The van der Waals surface area contributed by atoms with E-state index in [1.54, 1.807) is 10.9 Å². The van der Waals surface area contributed by atoms with Crippen LogP contribution in [0, 0.1) is 0 Å². The molecule has 1 saturated heterocycles. The minimum atomic E-state index is 0.869. The van der Waals surface area contributed by atoms with E-state index in [1.165, 1.54) is 5.56 Å². The van der Waals surface area contributed by atoms with Crippen molar-refractivity contribution in [3.05, 3.63) is 66.8 Å². The Kier molecular flexibility index (Phi) is 5.25. The van der Waals surface area contributed by atoms with Crippen LogP contribution in [0.5, 0.6) is 0 Å². The van der Waals surface area contributed by atoms with Gasteiger partial charge in [0.2, 0.25) is 0 Å². The maximum Gasteiger partial charge on any atom is 0.147 e. The molecule has 3 heterocycles. The number of aromatic nitrogens is 4. The van der Waals surface area contributed by atoms with Crippen molar-refractivity contribution in [3.63, 3.8) is 0 Å². The summed E-state index contributed by atoms with van der Waals surface area (Å²) >= 11 is 0. The van der Waals surface area contributed by atoms with Crippen molar-refractivity contribution >= 4 is 11.9 Å². The zero-order valence-corrected chi connectivity index (χ0v) is 15.6. The van der Waals surface area contributed by atoms with Gasteiger partial charge in [0.25, 0.3) is 0 Å². The van der Waals surface area contributed by atoms with Crippen LogP contribution in [0.3, 0.4) is 0 Å². The predicted molar refractivity (Wildman–Crippen MR) is 108 cm³/mol. The standard InChI is InChI=1S/C21H24N6/c1-25-17-19(14-23-25)20-15-22-16-21(24-20)27-12-10-26(11-13-27)9-5-8-18-6-3-2-4-7-18/h2-8,14-17H,9-13H2,1H3/b8-5+. The van der Waals surface area contributed by atoms with Crippen LogP contribution in [0.2, 0.25) is 0 Å². The highest BCUT2D eigenvalue weighted by molar-refractivity contribution is 5.58. The Morgan fingerprint density at radius 3 is 2.56 bits per heavy atom. The second kappa shape index (κ2) is 8.14. The molecule has 0 saturated carbocycles. The van der Waals surface area contributed by atoms with Gasteiger partial charge >= 0.3 is 0 Å². The molecule has 0 unspecified atom stereocenters. The fourth-order valence-electron chi connectivity index (χ4n) is 3.26. The van der Waals surface area contributed by atoms with Crippen molar-refractivity contribution in [2.45, 2.75) is 0 Å². The van der Waals surface area contributed by atoms with Crippen LogP contribution in [0.4, 0.5) is 5.82 Å². The number of piperazine rings is 1. The third-order valence-corrected chi connectivity index (χ3v) is 4.79. The molecule has 0 radical (unpaired) electrons. The van der Waals surface area contributed by atoms with Crippen LogP contribution in [-0.2, 0) is 7.05 Å². The number of nitrogens with zero attached hydrogens (tertiary/aromatic N) is 6. The average molecular weight is 360 g/mol. The Morgan fingerprint density at radius 1 is 1.00 bits per heavy atom. The number of aryl methyl sites for hydroxylation is 1. The van der Waals surface area contributed by atoms with Crippen LogP contribution in [-0.4, -0.2) is 57.4 Å². The third kappa shape index (κ3) is 4.41. The lowest BCUT2D eigenvalue weighted by molar-refractivity contribution is 0.283. The molecule has 0 atom stereocenters. The van der Waals surface area contributed by atoms with Gasteiger partial charge in [0.1, 0.15) is 5.82 Å². The van der Waals surface area contributed by atoms with Crippen LogP contribution in [0.25, 0.3) is 17.3 Å². The Hall–Kier alpha value is -2.99. The Balaban J connectivity index is 1.33. The summed E-state index contributed by atoms with van der Waals surface area (Å²) in [4.78, 5) is 13.9. The number of rotatable bonds is 5. The van der Waals surface area contributed by atoms with E-state index in [4.69, 9.17) is 4.98 Å². The minimum absolute atomic E-state index is 0.869. The molecule has 3 aromatic rings. The summed E-state index contributed by atoms with van der Waals surface area (Å²) in [6, 6.07) is 10.4. The third-order valence-electron chi connectivity index (χ3n) is 4.79. The fraction of sp³-hybridized carbons (Fsp3) is 0.286. The van der Waals surface area contributed by atoms with E-state index in [1.807, 2.05) is 31.7 Å². The summed E-state index contributed by atoms with van der Waals surface area (Å²) in [6.07, 6.45) is 11.9. The highest BCUT2D eigenvalue weighted by atomic mass is 15.3. The molecule has 6 heteroatoms. The highest BCUT2D eigenvalue weighted by Gasteiger charge is 2.18. The molecule has 0 N–H and O–H groups in total. The van der Waals surface area contributed by atoms with Crippen molar-refractivity contribution in [2.24, 2.45) is 7.05 Å². The van der Waals surface area contributed by atoms with E-state index in [0.29, 0.717) is 0 Å². The summed E-state index contributed by atoms with van der Waals surface area (Å²) in [5, 5.41) is 4.22. The lowest BCUT2D eigenvalue weighted by Gasteiger charge is -2.34. The van der Waals surface area contributed by atoms with E-state index in [-0.39, 0.29) is 0 Å². The Labute approximate surface area is 159 Å². The van der Waals surface area contributed by atoms with Crippen LogP contribution in [0.1, 0.15) is 5.56 Å². The number of anilines is 1. The molecule has 27 heavy (non-hydrogen) atoms. The smallest absolute Gasteiger partial charge is 0.147 e. The van der Waals surface area contributed by atoms with Gasteiger partial charge in [-0.1, -0.05) is 42.5 Å². The fourth-order valence-corrected chi connectivity index (χ4v) is 3.26. The van der Waals surface area contributed by atoms with Gasteiger partial charge in [0.15, 0.2) is 0 Å². The average Bonchev–Trinajstić information content (AvgIpc) is 3.16. The number of hydrogen-bond acceptors (Lipinski definition) is 5. The summed E-state index contributed by atoms with van der Waals surface area (Å²) in [5.41, 5.74) is 3.11. The molecular weight excluding hydrogens is 336 g/mol. The molecule has 0 bridgehead atoms. The molecule has 0 amide bonds. The molecule has 0 aliphatic carbocycles. The summed E-state index contributed by atoms with van der Waals surface area (Å²) < 4.78 is 1.78. The largest absolute Gasteiger partial charge is 0.353 e. The molecule has 2 aromatic heterocycles. The first-order valence-electron chi connectivity index (χ1n) is 9.28.